The van der Waals surface area contributed by atoms with Crippen molar-refractivity contribution in [2.45, 2.75) is 121 Å². The van der Waals surface area contributed by atoms with E-state index < -0.39 is 37.2 Å². The molecule has 0 bridgehead atoms. The zero-order chi connectivity index (χ0) is 36.6. The van der Waals surface area contributed by atoms with Crippen LogP contribution in [0, 0.1) is 17.3 Å². The summed E-state index contributed by atoms with van der Waals surface area (Å²) in [6, 6.07) is 6.33. The summed E-state index contributed by atoms with van der Waals surface area (Å²) in [7, 11) is 3.77. The van der Waals surface area contributed by atoms with E-state index >= 15 is 0 Å². The fourth-order valence-corrected chi connectivity index (χ4v) is 10.2. The highest BCUT2D eigenvalue weighted by atomic mass is 33.1. The van der Waals surface area contributed by atoms with Gasteiger partial charge in [0.25, 0.3) is 0 Å². The third kappa shape index (κ3) is 9.55. The van der Waals surface area contributed by atoms with E-state index in [9.17, 15) is 39.5 Å². The van der Waals surface area contributed by atoms with Crippen molar-refractivity contribution in [2.75, 3.05) is 44.5 Å². The fraction of sp³-hybridized carbons (Fsp3) is 0.829. The Hall–Kier alpha value is -1.03. The predicted molar refractivity (Wildman–Crippen MR) is 178 cm³/mol. The highest BCUT2D eigenvalue weighted by Crippen LogP contribution is 2.62. The van der Waals surface area contributed by atoms with E-state index in [-0.39, 0.29) is 18.1 Å². The number of unbranched alkanes of at least 4 members (excludes halogenated alkanes) is 2. The predicted octanol–water partition coefficient (Wildman–Crippen LogP) is 11.1. The van der Waals surface area contributed by atoms with Gasteiger partial charge < -0.3 is 18.9 Å². The minimum Gasteiger partial charge on any atom is -0.493 e. The lowest BCUT2D eigenvalue weighted by Gasteiger charge is -2.50. The van der Waals surface area contributed by atoms with Crippen LogP contribution < -0.4 is 4.74 Å². The molecular weight excluding hydrogens is 719 g/mol. The van der Waals surface area contributed by atoms with Gasteiger partial charge in [0.2, 0.25) is 0 Å². The molecule has 4 nitrogen and oxygen atoms in total. The number of rotatable bonds is 19. The summed E-state index contributed by atoms with van der Waals surface area (Å²) in [5, 5.41) is 0. The molecule has 1 aromatic rings. The average Bonchev–Trinajstić information content (AvgIpc) is 3.37. The highest BCUT2D eigenvalue weighted by molar-refractivity contribution is 8.76. The van der Waals surface area contributed by atoms with Gasteiger partial charge in [0.15, 0.2) is 0 Å². The van der Waals surface area contributed by atoms with Crippen LogP contribution in [0.5, 0.6) is 5.75 Å². The number of fused-ring (bicyclic) bond motifs is 5. The number of aryl methyl sites for hydroxylation is 1. The van der Waals surface area contributed by atoms with Crippen LogP contribution >= 0.6 is 21.6 Å². The number of halogens is 9. The van der Waals surface area contributed by atoms with Gasteiger partial charge in [-0.3, -0.25) is 0 Å². The standard InChI is InChI=1S/C35H49F9O4S2/c1-3-4-5-21-49-50-22-20-45-16-6-17-46-25-9-11-26-24(23-25)8-10-28-27(26)14-15-31(2)29(28)12-13-30(31)47-18-7-19-48-32(33(36,37)38,34(39,40)41)35(42,43)44/h9,11,23,27-30H,3-8,10,12-22H2,1-2H3/t27-,28-,29+,30+,31+/m1/s1. The molecule has 0 aromatic heterocycles. The molecule has 0 aliphatic heterocycles. The van der Waals surface area contributed by atoms with Gasteiger partial charge in [-0.05, 0) is 97.8 Å². The summed E-state index contributed by atoms with van der Waals surface area (Å²) in [5.74, 6) is 4.10. The van der Waals surface area contributed by atoms with Crippen molar-refractivity contribution < 1.29 is 58.5 Å². The lowest BCUT2D eigenvalue weighted by molar-refractivity contribution is -0.457. The maximum Gasteiger partial charge on any atom is 0.435 e. The third-order valence-corrected chi connectivity index (χ3v) is 13.1. The molecule has 0 spiro atoms. The summed E-state index contributed by atoms with van der Waals surface area (Å²) in [4.78, 5) is 0. The smallest absolute Gasteiger partial charge is 0.435 e. The van der Waals surface area contributed by atoms with Gasteiger partial charge in [0, 0.05) is 31.1 Å². The molecule has 0 amide bonds. The zero-order valence-electron chi connectivity index (χ0n) is 28.6. The SMILES string of the molecule is CCCCCSSCCOCCCOc1ccc2c(c1)CC[C@@H]1[C@@H]2CC[C@]2(C)[C@@H](OCCCOC(C(F)(F)F)(C(F)(F)F)C(F)(F)F)CC[C@@H]12. The Morgan fingerprint density at radius 1 is 0.760 bits per heavy atom. The minimum absolute atomic E-state index is 0.246. The summed E-state index contributed by atoms with van der Waals surface area (Å²) >= 11 is 0. The van der Waals surface area contributed by atoms with E-state index in [1.165, 1.54) is 36.1 Å². The number of hydrogen-bond donors (Lipinski definition) is 0. The molecule has 1 aromatic carbocycles. The Bertz CT molecular complexity index is 1160. The van der Waals surface area contributed by atoms with Crippen LogP contribution in [0.25, 0.3) is 0 Å². The Balaban J connectivity index is 1.21. The molecule has 0 heterocycles. The van der Waals surface area contributed by atoms with E-state index in [1.54, 1.807) is 0 Å². The van der Waals surface area contributed by atoms with Crippen molar-refractivity contribution in [3.63, 3.8) is 0 Å². The molecule has 5 atom stereocenters. The second-order valence-corrected chi connectivity index (χ2v) is 16.5. The summed E-state index contributed by atoms with van der Waals surface area (Å²) < 4.78 is 140. The molecular formula is C35H49F9O4S2. The molecule has 50 heavy (non-hydrogen) atoms. The first-order valence-corrected chi connectivity index (χ1v) is 20.1. The monoisotopic (exact) mass is 768 g/mol. The van der Waals surface area contributed by atoms with Crippen molar-refractivity contribution in [1.82, 2.24) is 0 Å². The number of alkyl halides is 9. The van der Waals surface area contributed by atoms with E-state index in [4.69, 9.17) is 14.2 Å². The normalized spacial score (nSPS) is 25.7. The molecule has 2 saturated carbocycles. The van der Waals surface area contributed by atoms with E-state index in [0.717, 1.165) is 56.6 Å². The quantitative estimate of drug-likeness (QED) is 0.0793. The van der Waals surface area contributed by atoms with E-state index in [2.05, 4.69) is 30.7 Å². The van der Waals surface area contributed by atoms with E-state index in [1.807, 2.05) is 27.7 Å². The summed E-state index contributed by atoms with van der Waals surface area (Å²) in [5.41, 5.74) is -3.88. The lowest BCUT2D eigenvalue weighted by atomic mass is 9.55. The summed E-state index contributed by atoms with van der Waals surface area (Å²) in [6.45, 7) is 4.57. The fourth-order valence-electron chi connectivity index (χ4n) is 8.19. The van der Waals surface area contributed by atoms with Gasteiger partial charge in [-0.25, -0.2) is 0 Å². The molecule has 0 radical (unpaired) electrons. The Kier molecular flexibility index (Phi) is 14.9. The number of benzene rings is 1. The second-order valence-electron chi connectivity index (χ2n) is 13.8. The molecule has 15 heteroatoms. The minimum atomic E-state index is -6.73. The molecule has 288 valence electrons. The van der Waals surface area contributed by atoms with Gasteiger partial charge >= 0.3 is 24.1 Å². The van der Waals surface area contributed by atoms with Gasteiger partial charge in [0.05, 0.1) is 25.9 Å². The van der Waals surface area contributed by atoms with Crippen LogP contribution in [-0.4, -0.2) is 74.8 Å². The van der Waals surface area contributed by atoms with Crippen LogP contribution in [0.4, 0.5) is 39.5 Å². The Labute approximate surface area is 297 Å². The molecule has 0 N–H and O–H groups in total. The van der Waals surface area contributed by atoms with Crippen LogP contribution in [-0.2, 0) is 20.6 Å². The first-order chi connectivity index (χ1) is 23.6. The molecule has 4 rings (SSSR count). The summed E-state index contributed by atoms with van der Waals surface area (Å²) in [6.07, 6.45) is -11.3. The maximum atomic E-state index is 13.1. The zero-order valence-corrected chi connectivity index (χ0v) is 30.3. The molecule has 2 fully saturated rings. The van der Waals surface area contributed by atoms with Crippen molar-refractivity contribution in [3.05, 3.63) is 29.3 Å². The van der Waals surface area contributed by atoms with Crippen LogP contribution in [0.2, 0.25) is 0 Å². The average molecular weight is 769 g/mol. The van der Waals surface area contributed by atoms with E-state index in [0.29, 0.717) is 37.4 Å². The maximum absolute atomic E-state index is 13.1. The van der Waals surface area contributed by atoms with Gasteiger partial charge in [-0.15, -0.1) is 0 Å². The Morgan fingerprint density at radius 3 is 2.16 bits per heavy atom. The lowest BCUT2D eigenvalue weighted by Crippen LogP contribution is -2.67. The second kappa shape index (κ2) is 17.9. The first-order valence-electron chi connectivity index (χ1n) is 17.6. The molecule has 3 aliphatic rings. The van der Waals surface area contributed by atoms with Crippen molar-refractivity contribution in [1.29, 1.82) is 0 Å². The molecule has 0 saturated heterocycles. The van der Waals surface area contributed by atoms with Gasteiger partial charge in [-0.1, -0.05) is 54.3 Å². The topological polar surface area (TPSA) is 36.9 Å². The third-order valence-electron chi connectivity index (χ3n) is 10.7. The molecule has 3 aliphatic carbocycles. The van der Waals surface area contributed by atoms with Crippen LogP contribution in [0.1, 0.15) is 95.1 Å². The largest absolute Gasteiger partial charge is 0.493 e. The van der Waals surface area contributed by atoms with Crippen molar-refractivity contribution in [3.8, 4) is 5.75 Å². The Morgan fingerprint density at radius 2 is 1.46 bits per heavy atom. The number of ether oxygens (including phenoxy) is 4. The van der Waals surface area contributed by atoms with Crippen LogP contribution in [0.15, 0.2) is 18.2 Å². The first kappa shape index (κ1) is 41.7. The van der Waals surface area contributed by atoms with Crippen molar-refractivity contribution >= 4 is 21.6 Å². The highest BCUT2D eigenvalue weighted by Gasteiger charge is 2.85. The molecule has 0 unspecified atom stereocenters. The van der Waals surface area contributed by atoms with Gasteiger partial charge in [-0.2, -0.15) is 39.5 Å². The van der Waals surface area contributed by atoms with Crippen LogP contribution in [0.3, 0.4) is 0 Å². The number of hydrogen-bond acceptors (Lipinski definition) is 6. The van der Waals surface area contributed by atoms with Gasteiger partial charge in [0.1, 0.15) is 5.75 Å². The van der Waals surface area contributed by atoms with Crippen molar-refractivity contribution in [2.24, 2.45) is 17.3 Å².